The van der Waals surface area contributed by atoms with Crippen LogP contribution in [0.2, 0.25) is 0 Å². The maximum absolute atomic E-state index is 12.1. The van der Waals surface area contributed by atoms with E-state index in [1.165, 1.54) is 14.2 Å². The van der Waals surface area contributed by atoms with Gasteiger partial charge in [0.1, 0.15) is 0 Å². The number of hydrogen-bond donors (Lipinski definition) is 1. The Labute approximate surface area is 295 Å². The summed E-state index contributed by atoms with van der Waals surface area (Å²) < 4.78 is 9.86. The molecule has 0 unspecified atom stereocenters. The van der Waals surface area contributed by atoms with Gasteiger partial charge < -0.3 is 34.5 Å². The molecule has 0 saturated heterocycles. The van der Waals surface area contributed by atoms with Crippen LogP contribution >= 0.6 is 0 Å². The molecule has 1 aliphatic heterocycles. The molecule has 10 nitrogen and oxygen atoms in total. The second-order valence-electron chi connectivity index (χ2n) is 11.5. The Morgan fingerprint density at radius 2 is 1.08 bits per heavy atom. The van der Waals surface area contributed by atoms with Crippen LogP contribution in [0.15, 0.2) is 13.2 Å². The van der Waals surface area contributed by atoms with Crippen LogP contribution in [0.25, 0.3) is 36.5 Å². The Morgan fingerprint density at radius 1 is 0.633 bits per heavy atom. The molecule has 0 saturated carbocycles. The van der Waals surface area contributed by atoms with E-state index in [4.69, 9.17) is 39.3 Å². The zero-order chi connectivity index (χ0) is 35.3. The smallest absolute Gasteiger partial charge is 0.657 e. The predicted molar refractivity (Wildman–Crippen MR) is 185 cm³/mol. The molecule has 0 aliphatic carbocycles. The number of aliphatic carboxylic acids is 1. The number of carbonyl (C=O) groups is 3. The molecule has 1 aliphatic rings. The third kappa shape index (κ3) is 8.36. The fourth-order valence-corrected chi connectivity index (χ4v) is 5.81. The van der Waals surface area contributed by atoms with E-state index in [9.17, 15) is 9.59 Å². The van der Waals surface area contributed by atoms with Gasteiger partial charge in [0, 0.05) is 19.8 Å². The fraction of sp³-hybridized carbons (Fsp3) is 0.289. The van der Waals surface area contributed by atoms with E-state index in [0.29, 0.717) is 23.9 Å². The van der Waals surface area contributed by atoms with Gasteiger partial charge in [0.05, 0.1) is 14.2 Å². The van der Waals surface area contributed by atoms with Gasteiger partial charge >= 0.3 is 29.0 Å². The van der Waals surface area contributed by atoms with Crippen molar-refractivity contribution in [2.45, 2.75) is 60.3 Å². The molecule has 256 valence electrons. The predicted octanol–water partition coefficient (Wildman–Crippen LogP) is 1.96. The van der Waals surface area contributed by atoms with E-state index in [0.717, 1.165) is 84.6 Å². The van der Waals surface area contributed by atoms with Gasteiger partial charge in [-0.2, -0.15) is 0 Å². The minimum absolute atomic E-state index is 0. The standard InChI is InChI=1S/C36H36N4O4.C2H4O2.Mn/c1-9-23-19(3)27-15-28-21(5)25(11-13-35(41)43-7)33(39-28)18-34-26(12-14-36(42)44-8)22(6)30(40-34)17-32-24(10-2)20(4)29(38-32)16-31(23)37-27;1-2(3)4;/h9-10,15-18H,1-2,11-14H2,3-8H3;1H3,(H,3,4);/q-4;;+3/b27-15?,28-15-,29-16-,30-17?,31-16?,32-17-,33-18-,34-18?;;. The van der Waals surface area contributed by atoms with Crippen molar-refractivity contribution in [3.05, 3.63) is 102 Å². The van der Waals surface area contributed by atoms with E-state index >= 15 is 0 Å². The minimum Gasteiger partial charge on any atom is -0.657 e. The van der Waals surface area contributed by atoms with Crippen molar-refractivity contribution in [2.24, 2.45) is 0 Å². The fourth-order valence-electron chi connectivity index (χ4n) is 5.81. The minimum atomic E-state index is -0.833. The number of hydrogen-bond acceptors (Lipinski definition) is 5. The molecule has 0 spiro atoms. The van der Waals surface area contributed by atoms with Crippen LogP contribution in [0.1, 0.15) is 87.0 Å². The van der Waals surface area contributed by atoms with E-state index < -0.39 is 5.97 Å². The average molecular weight is 704 g/mol. The van der Waals surface area contributed by atoms with Crippen LogP contribution in [0.3, 0.4) is 0 Å². The van der Waals surface area contributed by atoms with Gasteiger partial charge in [0.15, 0.2) is 0 Å². The summed E-state index contributed by atoms with van der Waals surface area (Å²) in [6, 6.07) is 0. The number of aromatic nitrogens is 4. The number of rotatable bonds is 8. The molecule has 11 heteroatoms. The van der Waals surface area contributed by atoms with Gasteiger partial charge in [-0.15, -0.1) is 44.2 Å². The molecule has 4 aromatic rings. The topological polar surface area (TPSA) is 146 Å². The van der Waals surface area contributed by atoms with Crippen molar-refractivity contribution < 1.29 is 46.0 Å². The maximum atomic E-state index is 12.1. The van der Waals surface area contributed by atoms with Crippen molar-refractivity contribution in [1.82, 2.24) is 19.9 Å². The Hall–Kier alpha value is -4.99. The molecule has 5 rings (SSSR count). The summed E-state index contributed by atoms with van der Waals surface area (Å²) >= 11 is 0. The summed E-state index contributed by atoms with van der Waals surface area (Å²) in [5.41, 5.74) is 10.6. The van der Waals surface area contributed by atoms with Crippen LogP contribution in [-0.4, -0.2) is 37.2 Å². The number of methoxy groups -OCH3 is 2. The van der Waals surface area contributed by atoms with E-state index in [1.807, 2.05) is 64.2 Å². The molecule has 5 heterocycles. The molecule has 0 aromatic carbocycles. The van der Waals surface area contributed by atoms with Crippen LogP contribution in [0.4, 0.5) is 0 Å². The Morgan fingerprint density at radius 3 is 1.65 bits per heavy atom. The SMILES string of the molecule is C=Cc1c2[n-]c(c1C)/C=c1\[n-]/c(c(CCC(=O)OC)c1C)=C\c1[n-]c(c(C)c1CCC(=O)OC)/C=c1\[n-]/c(c(C)c1C=C)=C\2.CC(=O)O.[Mn+3]. The van der Waals surface area contributed by atoms with Gasteiger partial charge in [-0.05, 0) is 51.7 Å². The van der Waals surface area contributed by atoms with Gasteiger partial charge in [-0.25, -0.2) is 0 Å². The van der Waals surface area contributed by atoms with Crippen molar-refractivity contribution in [2.75, 3.05) is 14.2 Å². The monoisotopic (exact) mass is 703 g/mol. The number of carboxylic acid groups (broad SMARTS) is 1. The summed E-state index contributed by atoms with van der Waals surface area (Å²) in [6.07, 6.45) is 12.8. The van der Waals surface area contributed by atoms with Crippen molar-refractivity contribution in [3.8, 4) is 0 Å². The van der Waals surface area contributed by atoms with Gasteiger partial charge in [-0.1, -0.05) is 83.0 Å². The van der Waals surface area contributed by atoms with Crippen LogP contribution in [-0.2, 0) is 53.8 Å². The molecule has 1 N–H and O–H groups in total. The van der Waals surface area contributed by atoms with Gasteiger partial charge in [-0.3, -0.25) is 14.4 Å². The molecular weight excluding hydrogens is 663 g/mol. The van der Waals surface area contributed by atoms with Crippen molar-refractivity contribution in [3.63, 3.8) is 0 Å². The molecule has 0 radical (unpaired) electrons. The first-order valence-corrected chi connectivity index (χ1v) is 15.5. The normalized spacial score (nSPS) is 14.0. The van der Waals surface area contributed by atoms with E-state index in [-0.39, 0.29) is 41.8 Å². The van der Waals surface area contributed by atoms with Gasteiger partial charge in [0.2, 0.25) is 0 Å². The van der Waals surface area contributed by atoms with Crippen molar-refractivity contribution >= 4 is 54.4 Å². The first kappa shape index (κ1) is 38.5. The number of carboxylic acids is 1. The molecule has 49 heavy (non-hydrogen) atoms. The summed E-state index contributed by atoms with van der Waals surface area (Å²) in [7, 11) is 2.78. The maximum Gasteiger partial charge on any atom is 3.00 e. The first-order chi connectivity index (χ1) is 22.8. The Kier molecular flexibility index (Phi) is 12.9. The third-order valence-corrected chi connectivity index (χ3v) is 8.50. The van der Waals surface area contributed by atoms with E-state index in [2.05, 4.69) is 13.2 Å². The largest absolute Gasteiger partial charge is 3.00 e. The number of esters is 2. The molecule has 4 aromatic heterocycles. The zero-order valence-corrected chi connectivity index (χ0v) is 30.0. The van der Waals surface area contributed by atoms with Gasteiger partial charge in [0.25, 0.3) is 5.97 Å². The third-order valence-electron chi connectivity index (χ3n) is 8.50. The summed E-state index contributed by atoms with van der Waals surface area (Å²) in [5.74, 6) is -1.42. The van der Waals surface area contributed by atoms with Crippen LogP contribution in [0, 0.1) is 27.7 Å². The summed E-state index contributed by atoms with van der Waals surface area (Å²) in [5, 5.41) is 10.4. The molecule has 0 fully saturated rings. The Balaban J connectivity index is 0.00000123. The van der Waals surface area contributed by atoms with Crippen LogP contribution in [0.5, 0.6) is 0 Å². The number of carbonyl (C=O) groups excluding carboxylic acids is 2. The zero-order valence-electron chi connectivity index (χ0n) is 28.9. The number of nitrogens with zero attached hydrogens (tertiary/aromatic N) is 4. The first-order valence-electron chi connectivity index (χ1n) is 15.5. The second kappa shape index (κ2) is 16.4. The average Bonchev–Trinajstić information content (AvgIpc) is 3.71. The summed E-state index contributed by atoms with van der Waals surface area (Å²) in [6.45, 7) is 17.2. The number of ether oxygens (including phenoxy) is 2. The molecule has 8 bridgehead atoms. The Bertz CT molecular complexity index is 2170. The van der Waals surface area contributed by atoms with Crippen molar-refractivity contribution in [1.29, 1.82) is 0 Å². The quantitative estimate of drug-likeness (QED) is 0.188. The summed E-state index contributed by atoms with van der Waals surface area (Å²) in [4.78, 5) is 53.3. The number of fused-ring (bicyclic) bond motifs is 8. The van der Waals surface area contributed by atoms with Crippen LogP contribution < -0.4 is 41.3 Å². The molecule has 0 atom stereocenters. The molecular formula is C38H40MnN4O6-. The van der Waals surface area contributed by atoms with E-state index in [1.54, 1.807) is 0 Å². The second-order valence-corrected chi connectivity index (χ2v) is 11.5. The molecule has 0 amide bonds.